The lowest BCUT2D eigenvalue weighted by Gasteiger charge is -2.27. The fourth-order valence-electron chi connectivity index (χ4n) is 4.29. The van der Waals surface area contributed by atoms with Crippen LogP contribution in [0.2, 0.25) is 0 Å². The van der Waals surface area contributed by atoms with Gasteiger partial charge in [0.2, 0.25) is 0 Å². The smallest absolute Gasteiger partial charge is 0.318 e. The maximum absolute atomic E-state index is 13.3. The van der Waals surface area contributed by atoms with Crippen LogP contribution >= 0.6 is 0 Å². The van der Waals surface area contributed by atoms with Crippen molar-refractivity contribution in [1.82, 2.24) is 9.88 Å². The van der Waals surface area contributed by atoms with Gasteiger partial charge in [-0.05, 0) is 73.2 Å². The van der Waals surface area contributed by atoms with E-state index in [1.54, 1.807) is 18.2 Å². The third-order valence-corrected chi connectivity index (χ3v) is 6.22. The van der Waals surface area contributed by atoms with E-state index in [1.807, 2.05) is 39.0 Å². The minimum Gasteiger partial charge on any atom is -0.318 e. The number of urea groups is 1. The van der Waals surface area contributed by atoms with Crippen molar-refractivity contribution < 1.29 is 14.4 Å². The number of anilines is 1. The van der Waals surface area contributed by atoms with Crippen LogP contribution in [0.25, 0.3) is 11.8 Å². The number of carbonyl (C=O) groups excluding carboxylic acids is 3. The van der Waals surface area contributed by atoms with Crippen molar-refractivity contribution >= 4 is 29.6 Å². The van der Waals surface area contributed by atoms with Crippen LogP contribution in [0.5, 0.6) is 0 Å². The molecule has 1 aromatic heterocycles. The van der Waals surface area contributed by atoms with E-state index in [1.165, 1.54) is 5.56 Å². The molecule has 2 aromatic carbocycles. The lowest BCUT2D eigenvalue weighted by molar-refractivity contribution is -0.122. The predicted molar refractivity (Wildman–Crippen MR) is 134 cm³/mol. The summed E-state index contributed by atoms with van der Waals surface area (Å²) in [6, 6.07) is 16.7. The Hall–Kier alpha value is -3.93. The van der Waals surface area contributed by atoms with Crippen LogP contribution in [0, 0.1) is 20.8 Å². The summed E-state index contributed by atoms with van der Waals surface area (Å²) in [6.45, 7) is 12.3. The molecule has 34 heavy (non-hydrogen) atoms. The Bertz CT molecular complexity index is 1340. The molecule has 0 radical (unpaired) electrons. The molecule has 1 fully saturated rings. The Morgan fingerprint density at radius 1 is 0.882 bits per heavy atom. The van der Waals surface area contributed by atoms with Gasteiger partial charge in [0.1, 0.15) is 5.57 Å². The standard InChI is InChI=1S/C28H29N3O3/c1-17-9-7-8-10-24(17)31-26(33)23(25(32)29-27(31)34)16-20-15-18(2)30(19(20)3)22-13-11-21(12-14-22)28(4,5)6/h7-16H,1-6H3,(H,29,32,34)/b23-16+. The molecule has 0 atom stereocenters. The summed E-state index contributed by atoms with van der Waals surface area (Å²) in [5, 5.41) is 2.30. The Labute approximate surface area is 199 Å². The molecule has 1 aliphatic heterocycles. The molecule has 0 unspecified atom stereocenters. The highest BCUT2D eigenvalue weighted by Gasteiger charge is 2.37. The summed E-state index contributed by atoms with van der Waals surface area (Å²) in [6.07, 6.45) is 1.57. The van der Waals surface area contributed by atoms with E-state index in [2.05, 4.69) is 54.9 Å². The Morgan fingerprint density at radius 3 is 2.15 bits per heavy atom. The Morgan fingerprint density at radius 2 is 1.53 bits per heavy atom. The summed E-state index contributed by atoms with van der Waals surface area (Å²) < 4.78 is 2.09. The number of nitrogens with zero attached hydrogens (tertiary/aromatic N) is 2. The zero-order valence-corrected chi connectivity index (χ0v) is 20.4. The quantitative estimate of drug-likeness (QED) is 0.427. The predicted octanol–water partition coefficient (Wildman–Crippen LogP) is 5.37. The van der Waals surface area contributed by atoms with Gasteiger partial charge in [0, 0.05) is 17.1 Å². The highest BCUT2D eigenvalue weighted by Crippen LogP contribution is 2.29. The number of hydrogen-bond acceptors (Lipinski definition) is 3. The first-order chi connectivity index (χ1) is 16.0. The van der Waals surface area contributed by atoms with Crippen molar-refractivity contribution in [1.29, 1.82) is 0 Å². The Balaban J connectivity index is 1.74. The average Bonchev–Trinajstić information content (AvgIpc) is 3.04. The van der Waals surface area contributed by atoms with Crippen molar-refractivity contribution in [2.24, 2.45) is 0 Å². The molecule has 174 valence electrons. The van der Waals surface area contributed by atoms with Gasteiger partial charge in [0.25, 0.3) is 11.8 Å². The topological polar surface area (TPSA) is 71.4 Å². The van der Waals surface area contributed by atoms with Crippen LogP contribution in [0.1, 0.15) is 48.8 Å². The number of amides is 4. The number of hydrogen-bond donors (Lipinski definition) is 1. The number of carbonyl (C=O) groups is 3. The first-order valence-corrected chi connectivity index (χ1v) is 11.3. The van der Waals surface area contributed by atoms with E-state index in [0.29, 0.717) is 5.69 Å². The number of imide groups is 2. The molecule has 3 aromatic rings. The molecule has 6 nitrogen and oxygen atoms in total. The average molecular weight is 456 g/mol. The molecule has 6 heteroatoms. The van der Waals surface area contributed by atoms with Crippen molar-refractivity contribution in [2.45, 2.75) is 47.0 Å². The lowest BCUT2D eigenvalue weighted by atomic mass is 9.87. The van der Waals surface area contributed by atoms with Crippen molar-refractivity contribution in [3.05, 3.63) is 88.2 Å². The highest BCUT2D eigenvalue weighted by atomic mass is 16.2. The van der Waals surface area contributed by atoms with Gasteiger partial charge in [-0.3, -0.25) is 14.9 Å². The number of para-hydroxylation sites is 1. The summed E-state index contributed by atoms with van der Waals surface area (Å²) in [7, 11) is 0. The summed E-state index contributed by atoms with van der Waals surface area (Å²) in [5.41, 5.74) is 6.06. The van der Waals surface area contributed by atoms with Gasteiger partial charge in [-0.15, -0.1) is 0 Å². The minimum absolute atomic E-state index is 0.0595. The largest absolute Gasteiger partial charge is 0.335 e. The van der Waals surface area contributed by atoms with Gasteiger partial charge in [-0.2, -0.15) is 0 Å². The van der Waals surface area contributed by atoms with Crippen LogP contribution in [0.15, 0.2) is 60.2 Å². The molecule has 0 spiro atoms. The van der Waals surface area contributed by atoms with E-state index in [-0.39, 0.29) is 11.0 Å². The van der Waals surface area contributed by atoms with Crippen LogP contribution in [0.3, 0.4) is 0 Å². The molecular weight excluding hydrogens is 426 g/mol. The van der Waals surface area contributed by atoms with Gasteiger partial charge in [-0.25, -0.2) is 9.69 Å². The molecule has 1 saturated heterocycles. The van der Waals surface area contributed by atoms with Crippen molar-refractivity contribution in [3.8, 4) is 5.69 Å². The number of aryl methyl sites for hydroxylation is 2. The second kappa shape index (κ2) is 8.45. The summed E-state index contributed by atoms with van der Waals surface area (Å²) in [4.78, 5) is 39.4. The zero-order chi connectivity index (χ0) is 24.8. The third-order valence-electron chi connectivity index (χ3n) is 6.22. The number of nitrogens with one attached hydrogen (secondary N) is 1. The van der Waals surface area contributed by atoms with E-state index in [4.69, 9.17) is 0 Å². The molecule has 1 N–H and O–H groups in total. The summed E-state index contributed by atoms with van der Waals surface area (Å²) in [5.74, 6) is -1.33. The maximum Gasteiger partial charge on any atom is 0.335 e. The highest BCUT2D eigenvalue weighted by molar-refractivity contribution is 6.39. The van der Waals surface area contributed by atoms with Crippen molar-refractivity contribution in [2.75, 3.05) is 4.90 Å². The third kappa shape index (κ3) is 4.07. The molecule has 4 amide bonds. The monoisotopic (exact) mass is 455 g/mol. The van der Waals surface area contributed by atoms with E-state index in [0.717, 1.165) is 33.1 Å². The zero-order valence-electron chi connectivity index (χ0n) is 20.4. The minimum atomic E-state index is -0.745. The van der Waals surface area contributed by atoms with Crippen molar-refractivity contribution in [3.63, 3.8) is 0 Å². The van der Waals surface area contributed by atoms with Crippen LogP contribution in [-0.4, -0.2) is 22.4 Å². The van der Waals surface area contributed by atoms with E-state index < -0.39 is 17.8 Å². The van der Waals surface area contributed by atoms with E-state index in [9.17, 15) is 14.4 Å². The van der Waals surface area contributed by atoms with Crippen LogP contribution in [0.4, 0.5) is 10.5 Å². The fraction of sp³-hybridized carbons (Fsp3) is 0.250. The molecule has 4 rings (SSSR count). The second-order valence-corrected chi connectivity index (χ2v) is 9.70. The normalized spacial score (nSPS) is 15.8. The van der Waals surface area contributed by atoms with Gasteiger partial charge in [-0.1, -0.05) is 51.1 Å². The van der Waals surface area contributed by atoms with Gasteiger partial charge in [0.15, 0.2) is 0 Å². The first kappa shape index (κ1) is 23.2. The summed E-state index contributed by atoms with van der Waals surface area (Å²) >= 11 is 0. The van der Waals surface area contributed by atoms with Crippen LogP contribution in [-0.2, 0) is 15.0 Å². The first-order valence-electron chi connectivity index (χ1n) is 11.3. The number of aromatic nitrogens is 1. The number of rotatable bonds is 3. The fourth-order valence-corrected chi connectivity index (χ4v) is 4.29. The Kier molecular flexibility index (Phi) is 5.77. The molecular formula is C28H29N3O3. The molecule has 0 saturated carbocycles. The number of benzene rings is 2. The molecule has 0 bridgehead atoms. The maximum atomic E-state index is 13.3. The molecule has 2 heterocycles. The second-order valence-electron chi connectivity index (χ2n) is 9.70. The molecule has 1 aliphatic rings. The lowest BCUT2D eigenvalue weighted by Crippen LogP contribution is -2.54. The van der Waals surface area contributed by atoms with Gasteiger partial charge >= 0.3 is 6.03 Å². The SMILES string of the molecule is Cc1ccccc1N1C(=O)NC(=O)/C(=C\c2cc(C)n(-c3ccc(C(C)(C)C)cc3)c2C)C1=O. The van der Waals surface area contributed by atoms with Gasteiger partial charge in [0.05, 0.1) is 5.69 Å². The van der Waals surface area contributed by atoms with E-state index >= 15 is 0 Å². The van der Waals surface area contributed by atoms with Crippen LogP contribution < -0.4 is 10.2 Å². The van der Waals surface area contributed by atoms with Gasteiger partial charge < -0.3 is 4.57 Å². The molecule has 0 aliphatic carbocycles. The number of barbiturate groups is 1.